The van der Waals surface area contributed by atoms with Crippen LogP contribution in [-0.2, 0) is 19.5 Å². The van der Waals surface area contributed by atoms with Gasteiger partial charge in [0.05, 0.1) is 18.1 Å². The summed E-state index contributed by atoms with van der Waals surface area (Å²) in [6.07, 6.45) is 2.47. The zero-order valence-corrected chi connectivity index (χ0v) is 14.0. The molecule has 1 N–H and O–H groups in total. The minimum atomic E-state index is -3.41. The molecule has 3 rings (SSSR count). The van der Waals surface area contributed by atoms with Gasteiger partial charge in [-0.05, 0) is 38.1 Å². The van der Waals surface area contributed by atoms with E-state index in [1.54, 1.807) is 24.3 Å². The van der Waals surface area contributed by atoms with Gasteiger partial charge in [0, 0.05) is 19.0 Å². The third-order valence-corrected chi connectivity index (χ3v) is 5.87. The highest BCUT2D eigenvalue weighted by molar-refractivity contribution is 7.89. The fraction of sp³-hybridized carbons (Fsp3) is 0.625. The van der Waals surface area contributed by atoms with Crippen LogP contribution in [0.15, 0.2) is 35.2 Å². The molecule has 0 spiro atoms. The van der Waals surface area contributed by atoms with E-state index in [-0.39, 0.29) is 12.3 Å². The summed E-state index contributed by atoms with van der Waals surface area (Å²) in [5, 5.41) is 0. The molecule has 0 atom stereocenters. The van der Waals surface area contributed by atoms with E-state index in [0.717, 1.165) is 38.9 Å². The summed E-state index contributed by atoms with van der Waals surface area (Å²) in [6.45, 7) is 4.11. The van der Waals surface area contributed by atoms with Crippen molar-refractivity contribution >= 4 is 10.0 Å². The van der Waals surface area contributed by atoms with Crippen molar-refractivity contribution in [3.8, 4) is 0 Å². The molecule has 2 heterocycles. The minimum absolute atomic E-state index is 0.00966. The highest BCUT2D eigenvalue weighted by atomic mass is 32.2. The van der Waals surface area contributed by atoms with Crippen LogP contribution in [-0.4, -0.2) is 58.5 Å². The van der Waals surface area contributed by atoms with E-state index >= 15 is 0 Å². The standard InChI is InChI=1S/C16H24N2O4S/c19-23(20,15-4-2-1-3-5-15)17-14-6-9-18(10-7-14)11-8-16-21-12-13-22-16/h1-5,14,16-17H,6-13H2. The Morgan fingerprint density at radius 3 is 2.39 bits per heavy atom. The second-order valence-corrected chi connectivity index (χ2v) is 7.72. The van der Waals surface area contributed by atoms with Gasteiger partial charge in [-0.25, -0.2) is 13.1 Å². The van der Waals surface area contributed by atoms with Crippen LogP contribution in [0, 0.1) is 0 Å². The Balaban J connectivity index is 1.43. The number of nitrogens with zero attached hydrogens (tertiary/aromatic N) is 1. The Kier molecular flexibility index (Phi) is 5.66. The first-order chi connectivity index (χ1) is 11.1. The predicted molar refractivity (Wildman–Crippen MR) is 86.5 cm³/mol. The van der Waals surface area contributed by atoms with Crippen molar-refractivity contribution in [2.45, 2.75) is 36.5 Å². The van der Waals surface area contributed by atoms with Crippen LogP contribution in [0.5, 0.6) is 0 Å². The normalized spacial score (nSPS) is 21.7. The van der Waals surface area contributed by atoms with Gasteiger partial charge in [-0.3, -0.25) is 0 Å². The van der Waals surface area contributed by atoms with Gasteiger partial charge in [-0.2, -0.15) is 0 Å². The molecule has 0 unspecified atom stereocenters. The van der Waals surface area contributed by atoms with Gasteiger partial charge >= 0.3 is 0 Å². The van der Waals surface area contributed by atoms with Crippen LogP contribution in [0.25, 0.3) is 0 Å². The molecular formula is C16H24N2O4S. The summed E-state index contributed by atoms with van der Waals surface area (Å²) in [4.78, 5) is 2.68. The first kappa shape index (κ1) is 16.9. The molecule has 23 heavy (non-hydrogen) atoms. The third kappa shape index (κ3) is 4.74. The fourth-order valence-electron chi connectivity index (χ4n) is 3.02. The lowest BCUT2D eigenvalue weighted by molar-refractivity contribution is -0.0523. The molecule has 0 aliphatic carbocycles. The largest absolute Gasteiger partial charge is 0.350 e. The molecule has 2 saturated heterocycles. The zero-order valence-electron chi connectivity index (χ0n) is 13.2. The van der Waals surface area contributed by atoms with E-state index in [4.69, 9.17) is 9.47 Å². The first-order valence-electron chi connectivity index (χ1n) is 8.16. The maximum Gasteiger partial charge on any atom is 0.240 e. The molecular weight excluding hydrogens is 316 g/mol. The van der Waals surface area contributed by atoms with E-state index in [9.17, 15) is 8.42 Å². The van der Waals surface area contributed by atoms with Gasteiger partial charge < -0.3 is 14.4 Å². The van der Waals surface area contributed by atoms with E-state index in [2.05, 4.69) is 9.62 Å². The Hall–Kier alpha value is -0.990. The van der Waals surface area contributed by atoms with Crippen LogP contribution in [0.1, 0.15) is 19.3 Å². The van der Waals surface area contributed by atoms with E-state index < -0.39 is 10.0 Å². The maximum atomic E-state index is 12.3. The van der Waals surface area contributed by atoms with Crippen molar-refractivity contribution in [2.24, 2.45) is 0 Å². The summed E-state index contributed by atoms with van der Waals surface area (Å²) in [7, 11) is -3.41. The van der Waals surface area contributed by atoms with Gasteiger partial charge in [0.2, 0.25) is 10.0 Å². The van der Waals surface area contributed by atoms with Gasteiger partial charge in [0.25, 0.3) is 0 Å². The van der Waals surface area contributed by atoms with Crippen molar-refractivity contribution in [3.05, 3.63) is 30.3 Å². The summed E-state index contributed by atoms with van der Waals surface area (Å²) >= 11 is 0. The second kappa shape index (κ2) is 7.72. The lowest BCUT2D eigenvalue weighted by atomic mass is 10.1. The third-order valence-electron chi connectivity index (χ3n) is 4.33. The number of hydrogen-bond acceptors (Lipinski definition) is 5. The minimum Gasteiger partial charge on any atom is -0.350 e. The van der Waals surface area contributed by atoms with E-state index in [1.165, 1.54) is 0 Å². The van der Waals surface area contributed by atoms with Crippen LogP contribution in [0.4, 0.5) is 0 Å². The topological polar surface area (TPSA) is 67.9 Å². The van der Waals surface area contributed by atoms with Crippen molar-refractivity contribution in [1.82, 2.24) is 9.62 Å². The molecule has 2 aliphatic heterocycles. The van der Waals surface area contributed by atoms with Crippen molar-refractivity contribution in [3.63, 3.8) is 0 Å². The van der Waals surface area contributed by atoms with Crippen LogP contribution in [0.3, 0.4) is 0 Å². The molecule has 7 heteroatoms. The van der Waals surface area contributed by atoms with Crippen LogP contribution in [0.2, 0.25) is 0 Å². The van der Waals surface area contributed by atoms with Gasteiger partial charge in [0.1, 0.15) is 0 Å². The van der Waals surface area contributed by atoms with Crippen molar-refractivity contribution in [1.29, 1.82) is 0 Å². The summed E-state index contributed by atoms with van der Waals surface area (Å²) in [6, 6.07) is 8.55. The molecule has 0 amide bonds. The predicted octanol–water partition coefficient (Wildman–Crippen LogP) is 1.19. The van der Waals surface area contributed by atoms with E-state index in [1.807, 2.05) is 6.07 Å². The second-order valence-electron chi connectivity index (χ2n) is 6.01. The van der Waals surface area contributed by atoms with Crippen molar-refractivity contribution < 1.29 is 17.9 Å². The average molecular weight is 340 g/mol. The van der Waals surface area contributed by atoms with Gasteiger partial charge in [-0.1, -0.05) is 18.2 Å². The number of sulfonamides is 1. The molecule has 2 aliphatic rings. The quantitative estimate of drug-likeness (QED) is 0.843. The molecule has 2 fully saturated rings. The molecule has 0 bridgehead atoms. The number of ether oxygens (including phenoxy) is 2. The number of benzene rings is 1. The number of rotatable bonds is 6. The first-order valence-corrected chi connectivity index (χ1v) is 9.65. The highest BCUT2D eigenvalue weighted by Crippen LogP contribution is 2.16. The molecule has 6 nitrogen and oxygen atoms in total. The lowest BCUT2D eigenvalue weighted by Crippen LogP contribution is -2.45. The monoisotopic (exact) mass is 340 g/mol. The molecule has 0 aromatic heterocycles. The molecule has 1 aromatic rings. The number of hydrogen-bond donors (Lipinski definition) is 1. The Bertz CT molecular complexity index is 579. The Morgan fingerprint density at radius 1 is 1.09 bits per heavy atom. The molecule has 128 valence electrons. The smallest absolute Gasteiger partial charge is 0.240 e. The SMILES string of the molecule is O=S(=O)(NC1CCN(CCC2OCCO2)CC1)c1ccccc1. The van der Waals surface area contributed by atoms with Gasteiger partial charge in [-0.15, -0.1) is 0 Å². The number of nitrogens with one attached hydrogen (secondary N) is 1. The maximum absolute atomic E-state index is 12.3. The highest BCUT2D eigenvalue weighted by Gasteiger charge is 2.25. The fourth-order valence-corrected chi connectivity index (χ4v) is 4.35. The zero-order chi connectivity index (χ0) is 16.1. The summed E-state index contributed by atoms with van der Waals surface area (Å²) < 4.78 is 38.4. The van der Waals surface area contributed by atoms with Crippen LogP contribution >= 0.6 is 0 Å². The molecule has 0 radical (unpaired) electrons. The van der Waals surface area contributed by atoms with Crippen LogP contribution < -0.4 is 4.72 Å². The van der Waals surface area contributed by atoms with E-state index in [0.29, 0.717) is 18.1 Å². The molecule has 0 saturated carbocycles. The Labute approximate surface area is 137 Å². The number of likely N-dealkylation sites (tertiary alicyclic amines) is 1. The van der Waals surface area contributed by atoms with Crippen molar-refractivity contribution in [2.75, 3.05) is 32.8 Å². The lowest BCUT2D eigenvalue weighted by Gasteiger charge is -2.32. The average Bonchev–Trinajstić information content (AvgIpc) is 3.08. The van der Waals surface area contributed by atoms with Gasteiger partial charge in [0.15, 0.2) is 6.29 Å². The number of piperidine rings is 1. The molecule has 1 aromatic carbocycles. The Morgan fingerprint density at radius 2 is 1.74 bits per heavy atom. The summed E-state index contributed by atoms with van der Waals surface area (Å²) in [5.41, 5.74) is 0. The summed E-state index contributed by atoms with van der Waals surface area (Å²) in [5.74, 6) is 0.